The molecule has 1 N–H and O–H groups in total. The summed E-state index contributed by atoms with van der Waals surface area (Å²) in [4.78, 5) is 14.2. The molecule has 0 aromatic heterocycles. The second-order valence-electron chi connectivity index (χ2n) is 7.40. The number of nitrogens with one attached hydrogen (secondary N) is 1. The van der Waals surface area contributed by atoms with Gasteiger partial charge in [0.05, 0.1) is 0 Å². The minimum atomic E-state index is -0.204. The average Bonchev–Trinajstić information content (AvgIpc) is 2.60. The maximum atomic E-state index is 13.2. The van der Waals surface area contributed by atoms with E-state index in [2.05, 4.69) is 10.2 Å². The molecule has 1 amide bonds. The third-order valence-electron chi connectivity index (χ3n) is 5.47. The third kappa shape index (κ3) is 5.25. The van der Waals surface area contributed by atoms with Gasteiger partial charge in [0.2, 0.25) is 5.91 Å². The first-order valence-corrected chi connectivity index (χ1v) is 9.45. The van der Waals surface area contributed by atoms with Crippen molar-refractivity contribution in [3.8, 4) is 0 Å². The molecule has 4 nitrogen and oxygen atoms in total. The van der Waals surface area contributed by atoms with Crippen molar-refractivity contribution in [2.24, 2.45) is 5.92 Å². The average molecular weight is 348 g/mol. The number of benzene rings is 1. The first-order valence-electron chi connectivity index (χ1n) is 9.45. The molecule has 25 heavy (non-hydrogen) atoms. The summed E-state index contributed by atoms with van der Waals surface area (Å²) >= 11 is 0. The van der Waals surface area contributed by atoms with Crippen molar-refractivity contribution in [2.75, 3.05) is 26.3 Å². The Morgan fingerprint density at radius 1 is 1.24 bits per heavy atom. The Labute approximate surface area is 149 Å². The fraction of sp³-hybridized carbons (Fsp3) is 0.650. The van der Waals surface area contributed by atoms with Gasteiger partial charge < -0.3 is 10.1 Å². The quantitative estimate of drug-likeness (QED) is 0.890. The fourth-order valence-corrected chi connectivity index (χ4v) is 4.18. The van der Waals surface area contributed by atoms with E-state index in [0.717, 1.165) is 64.0 Å². The Bertz CT molecular complexity index is 557. The van der Waals surface area contributed by atoms with Crippen LogP contribution in [-0.4, -0.2) is 49.2 Å². The second kappa shape index (κ2) is 8.77. The van der Waals surface area contributed by atoms with Gasteiger partial charge in [-0.15, -0.1) is 0 Å². The molecule has 0 unspecified atom stereocenters. The summed E-state index contributed by atoms with van der Waals surface area (Å²) in [6.45, 7) is 5.43. The van der Waals surface area contributed by atoms with Gasteiger partial charge in [0.15, 0.2) is 0 Å². The molecule has 2 atom stereocenters. The van der Waals surface area contributed by atoms with E-state index in [1.165, 1.54) is 12.1 Å². The summed E-state index contributed by atoms with van der Waals surface area (Å²) in [5.41, 5.74) is 1.13. The van der Waals surface area contributed by atoms with E-state index in [-0.39, 0.29) is 23.8 Å². The molecule has 3 rings (SSSR count). The molecule has 0 bridgehead atoms. The van der Waals surface area contributed by atoms with Gasteiger partial charge in [0.25, 0.3) is 0 Å². The number of rotatable bonds is 5. The van der Waals surface area contributed by atoms with Gasteiger partial charge in [0.1, 0.15) is 5.82 Å². The lowest BCUT2D eigenvalue weighted by atomic mass is 9.88. The molecular weight excluding hydrogens is 319 g/mol. The van der Waals surface area contributed by atoms with Gasteiger partial charge in [-0.3, -0.25) is 9.69 Å². The van der Waals surface area contributed by atoms with Crippen LogP contribution in [0.25, 0.3) is 0 Å². The summed E-state index contributed by atoms with van der Waals surface area (Å²) in [6.07, 6.45) is 5.19. The van der Waals surface area contributed by atoms with Gasteiger partial charge in [-0.05, 0) is 62.3 Å². The monoisotopic (exact) mass is 348 g/mol. The second-order valence-corrected chi connectivity index (χ2v) is 7.40. The smallest absolute Gasteiger partial charge is 0.217 e. The van der Waals surface area contributed by atoms with Crippen LogP contribution >= 0.6 is 0 Å². The van der Waals surface area contributed by atoms with Gasteiger partial charge in [0, 0.05) is 38.8 Å². The van der Waals surface area contributed by atoms with Gasteiger partial charge in [-0.2, -0.15) is 0 Å². The highest BCUT2D eigenvalue weighted by Gasteiger charge is 2.33. The Morgan fingerprint density at radius 2 is 1.96 bits per heavy atom. The molecule has 2 aliphatic rings. The Balaban J connectivity index is 1.72. The summed E-state index contributed by atoms with van der Waals surface area (Å²) in [5, 5.41) is 3.15. The standard InChI is InChI=1S/C20H29FN2O2/c1-15(24)22-19-3-2-10-23(14-17-8-11-25-12-9-17)20(19)13-16-4-6-18(21)7-5-16/h4-7,17,19-20H,2-3,8-14H2,1H3,(H,22,24)/t19-,20-/m0/s1. The van der Waals surface area contributed by atoms with Gasteiger partial charge in [-0.1, -0.05) is 12.1 Å². The summed E-state index contributed by atoms with van der Waals surface area (Å²) in [7, 11) is 0. The normalized spacial score (nSPS) is 25.7. The number of hydrogen-bond donors (Lipinski definition) is 1. The Morgan fingerprint density at radius 3 is 2.64 bits per heavy atom. The zero-order chi connectivity index (χ0) is 17.6. The van der Waals surface area contributed by atoms with E-state index in [4.69, 9.17) is 4.74 Å². The van der Waals surface area contributed by atoms with Crippen molar-refractivity contribution < 1.29 is 13.9 Å². The van der Waals surface area contributed by atoms with E-state index < -0.39 is 0 Å². The molecule has 0 aliphatic carbocycles. The molecule has 5 heteroatoms. The molecule has 1 aromatic carbocycles. The molecule has 1 aromatic rings. The first kappa shape index (κ1) is 18.3. The van der Waals surface area contributed by atoms with Crippen LogP contribution in [0.1, 0.15) is 38.2 Å². The number of halogens is 1. The largest absolute Gasteiger partial charge is 0.381 e. The summed E-state index contributed by atoms with van der Waals surface area (Å²) in [6, 6.07) is 7.20. The van der Waals surface area contributed by atoms with Crippen LogP contribution in [0.4, 0.5) is 4.39 Å². The van der Waals surface area contributed by atoms with E-state index in [9.17, 15) is 9.18 Å². The number of nitrogens with zero attached hydrogens (tertiary/aromatic N) is 1. The van der Waals surface area contributed by atoms with Crippen molar-refractivity contribution in [1.82, 2.24) is 10.2 Å². The number of carbonyl (C=O) groups excluding carboxylic acids is 1. The van der Waals surface area contributed by atoms with Crippen molar-refractivity contribution in [2.45, 2.75) is 51.1 Å². The molecule has 0 spiro atoms. The lowest BCUT2D eigenvalue weighted by molar-refractivity contribution is -0.120. The maximum absolute atomic E-state index is 13.2. The summed E-state index contributed by atoms with van der Waals surface area (Å²) in [5.74, 6) is 0.493. The van der Waals surface area contributed by atoms with Crippen molar-refractivity contribution in [3.63, 3.8) is 0 Å². The number of piperidine rings is 1. The van der Waals surface area contributed by atoms with Crippen LogP contribution in [0.3, 0.4) is 0 Å². The highest BCUT2D eigenvalue weighted by atomic mass is 19.1. The highest BCUT2D eigenvalue weighted by Crippen LogP contribution is 2.25. The van der Waals surface area contributed by atoms with E-state index in [1.54, 1.807) is 6.92 Å². The van der Waals surface area contributed by atoms with Crippen molar-refractivity contribution >= 4 is 5.91 Å². The maximum Gasteiger partial charge on any atom is 0.217 e. The van der Waals surface area contributed by atoms with E-state index in [0.29, 0.717) is 5.92 Å². The Kier molecular flexibility index (Phi) is 6.43. The molecule has 0 radical (unpaired) electrons. The zero-order valence-electron chi connectivity index (χ0n) is 15.0. The van der Waals surface area contributed by atoms with Crippen molar-refractivity contribution in [3.05, 3.63) is 35.6 Å². The van der Waals surface area contributed by atoms with Crippen LogP contribution in [0.5, 0.6) is 0 Å². The number of carbonyl (C=O) groups is 1. The van der Waals surface area contributed by atoms with Crippen molar-refractivity contribution in [1.29, 1.82) is 0 Å². The van der Waals surface area contributed by atoms with Crippen LogP contribution in [0.15, 0.2) is 24.3 Å². The minimum absolute atomic E-state index is 0.0297. The minimum Gasteiger partial charge on any atom is -0.381 e. The number of ether oxygens (including phenoxy) is 1. The molecular formula is C20H29FN2O2. The zero-order valence-corrected chi connectivity index (χ0v) is 15.0. The van der Waals surface area contributed by atoms with Gasteiger partial charge >= 0.3 is 0 Å². The lowest BCUT2D eigenvalue weighted by Gasteiger charge is -2.43. The van der Waals surface area contributed by atoms with Gasteiger partial charge in [-0.25, -0.2) is 4.39 Å². The molecule has 2 saturated heterocycles. The first-order chi connectivity index (χ1) is 12.1. The number of hydrogen-bond acceptors (Lipinski definition) is 3. The molecule has 2 heterocycles. The van der Waals surface area contributed by atoms with Crippen LogP contribution in [0, 0.1) is 11.7 Å². The molecule has 2 fully saturated rings. The Hall–Kier alpha value is -1.46. The van der Waals surface area contributed by atoms with E-state index in [1.807, 2.05) is 12.1 Å². The summed E-state index contributed by atoms with van der Waals surface area (Å²) < 4.78 is 18.7. The van der Waals surface area contributed by atoms with Crippen LogP contribution in [0.2, 0.25) is 0 Å². The van der Waals surface area contributed by atoms with Crippen LogP contribution < -0.4 is 5.32 Å². The topological polar surface area (TPSA) is 41.6 Å². The van der Waals surface area contributed by atoms with Crippen LogP contribution in [-0.2, 0) is 16.0 Å². The van der Waals surface area contributed by atoms with E-state index >= 15 is 0 Å². The molecule has 138 valence electrons. The predicted octanol–water partition coefficient (Wildman–Crippen LogP) is 2.76. The molecule has 0 saturated carbocycles. The predicted molar refractivity (Wildman–Crippen MR) is 95.8 cm³/mol. The third-order valence-corrected chi connectivity index (χ3v) is 5.47. The molecule has 2 aliphatic heterocycles. The fourth-order valence-electron chi connectivity index (χ4n) is 4.18. The highest BCUT2D eigenvalue weighted by molar-refractivity contribution is 5.73. The lowest BCUT2D eigenvalue weighted by Crippen LogP contribution is -2.57. The number of amides is 1. The SMILES string of the molecule is CC(=O)N[C@H]1CCCN(CC2CCOCC2)[C@H]1Cc1ccc(F)cc1. The number of likely N-dealkylation sites (tertiary alicyclic amines) is 1.